The highest BCUT2D eigenvalue weighted by atomic mass is 35.5. The third-order valence-electron chi connectivity index (χ3n) is 7.14. The molecule has 2 N–H and O–H groups in total. The van der Waals surface area contributed by atoms with E-state index in [0.717, 1.165) is 29.5 Å². The number of benzene rings is 2. The molecule has 0 saturated heterocycles. The number of halogens is 1. The maximum Gasteiger partial charge on any atom is 0.410 e. The number of hydrogen-bond acceptors (Lipinski definition) is 7. The van der Waals surface area contributed by atoms with Crippen LogP contribution in [0, 0.1) is 0 Å². The van der Waals surface area contributed by atoms with Gasteiger partial charge in [0.1, 0.15) is 18.0 Å². The molecular weight excluding hydrogens is 536 g/mol. The molecule has 3 aliphatic rings. The molecule has 0 unspecified atom stereocenters. The number of aliphatic hydroxyl groups excluding tert-OH is 1. The zero-order valence-electron chi connectivity index (χ0n) is 23.0. The first kappa shape index (κ1) is 28.1. The Morgan fingerprint density at radius 1 is 1.12 bits per heavy atom. The summed E-state index contributed by atoms with van der Waals surface area (Å²) in [6.45, 7) is 6.33. The van der Waals surface area contributed by atoms with Crippen molar-refractivity contribution in [3.8, 4) is 17.2 Å². The van der Waals surface area contributed by atoms with Gasteiger partial charge in [0, 0.05) is 28.7 Å². The highest BCUT2D eigenvalue weighted by Gasteiger charge is 2.45. The van der Waals surface area contributed by atoms with Crippen molar-refractivity contribution in [2.75, 3.05) is 33.1 Å². The average Bonchev–Trinajstić information content (AvgIpc) is 3.51. The van der Waals surface area contributed by atoms with E-state index in [0.29, 0.717) is 47.2 Å². The van der Waals surface area contributed by atoms with Gasteiger partial charge < -0.3 is 34.3 Å². The molecule has 0 bridgehead atoms. The summed E-state index contributed by atoms with van der Waals surface area (Å²) >= 11 is 6.54. The van der Waals surface area contributed by atoms with E-state index in [2.05, 4.69) is 5.32 Å². The summed E-state index contributed by atoms with van der Waals surface area (Å²) < 4.78 is 22.0. The first-order valence-electron chi connectivity index (χ1n) is 13.5. The summed E-state index contributed by atoms with van der Waals surface area (Å²) in [4.78, 5) is 28.4. The van der Waals surface area contributed by atoms with Crippen LogP contribution in [0.2, 0.25) is 5.02 Å². The molecular formula is C30H35ClN2O7. The highest BCUT2D eigenvalue weighted by Crippen LogP contribution is 2.44. The molecule has 2 heterocycles. The smallest absolute Gasteiger partial charge is 0.410 e. The molecule has 10 heteroatoms. The molecule has 2 aromatic rings. The van der Waals surface area contributed by atoms with E-state index >= 15 is 0 Å². The Balaban J connectivity index is 1.39. The van der Waals surface area contributed by atoms with Gasteiger partial charge >= 0.3 is 6.09 Å². The van der Waals surface area contributed by atoms with Crippen LogP contribution in [-0.4, -0.2) is 66.2 Å². The van der Waals surface area contributed by atoms with E-state index in [9.17, 15) is 9.59 Å². The predicted molar refractivity (Wildman–Crippen MR) is 150 cm³/mol. The fraction of sp³-hybridized carbons (Fsp3) is 0.467. The molecule has 9 nitrogen and oxygen atoms in total. The van der Waals surface area contributed by atoms with E-state index < -0.39 is 17.2 Å². The molecule has 0 radical (unpaired) electrons. The van der Waals surface area contributed by atoms with Gasteiger partial charge in [-0.05, 0) is 81.4 Å². The van der Waals surface area contributed by atoms with Crippen molar-refractivity contribution in [3.63, 3.8) is 0 Å². The normalized spacial score (nSPS) is 17.5. The fourth-order valence-corrected chi connectivity index (χ4v) is 5.18. The number of fused-ring (bicyclic) bond motifs is 1. The van der Waals surface area contributed by atoms with E-state index in [1.807, 2.05) is 51.1 Å². The standard InChI is InChI=1S/C30H35ClN2O7/c1-29(2,3)40-28(36)33-11-8-22(19-4-6-21(7-5-19)37-13-12-34)23(17-33)27(35)32-30(9-10-30)16-20-14-25-26(15-24(20)31)39-18-38-25/h4-7,14-15,34H,8-13,16-18H2,1-3H3,(H,32,35). The lowest BCUT2D eigenvalue weighted by molar-refractivity contribution is -0.118. The number of carbonyl (C=O) groups excluding carboxylic acids is 2. The largest absolute Gasteiger partial charge is 0.491 e. The average molecular weight is 571 g/mol. The van der Waals surface area contributed by atoms with Crippen molar-refractivity contribution in [2.24, 2.45) is 0 Å². The second-order valence-electron chi connectivity index (χ2n) is 11.4. The van der Waals surface area contributed by atoms with Crippen LogP contribution in [0.15, 0.2) is 42.0 Å². The molecule has 0 aromatic heterocycles. The Labute approximate surface area is 239 Å². The molecule has 1 fully saturated rings. The molecule has 1 aliphatic carbocycles. The minimum atomic E-state index is -0.643. The molecule has 2 aliphatic heterocycles. The number of amides is 2. The van der Waals surface area contributed by atoms with Gasteiger partial charge in [0.05, 0.1) is 13.2 Å². The van der Waals surface area contributed by atoms with Crippen LogP contribution in [0.3, 0.4) is 0 Å². The molecule has 5 rings (SSSR count). The van der Waals surface area contributed by atoms with E-state index in [-0.39, 0.29) is 32.5 Å². The number of carbonyl (C=O) groups is 2. The van der Waals surface area contributed by atoms with Crippen molar-refractivity contribution in [1.82, 2.24) is 10.2 Å². The van der Waals surface area contributed by atoms with E-state index in [1.54, 1.807) is 11.0 Å². The molecule has 2 amide bonds. The third kappa shape index (κ3) is 6.47. The summed E-state index contributed by atoms with van der Waals surface area (Å²) in [5.41, 5.74) is 2.11. The van der Waals surface area contributed by atoms with Crippen LogP contribution in [0.5, 0.6) is 17.2 Å². The van der Waals surface area contributed by atoms with Crippen LogP contribution < -0.4 is 19.5 Å². The Morgan fingerprint density at radius 3 is 2.48 bits per heavy atom. The van der Waals surface area contributed by atoms with Crippen molar-refractivity contribution in [3.05, 3.63) is 58.1 Å². The molecule has 2 aromatic carbocycles. The molecule has 0 spiro atoms. The number of nitrogens with one attached hydrogen (secondary N) is 1. The van der Waals surface area contributed by atoms with Crippen LogP contribution in [0.1, 0.15) is 51.2 Å². The van der Waals surface area contributed by atoms with Gasteiger partial charge in [-0.2, -0.15) is 0 Å². The second-order valence-corrected chi connectivity index (χ2v) is 11.8. The Morgan fingerprint density at radius 2 is 1.82 bits per heavy atom. The SMILES string of the molecule is CC(C)(C)OC(=O)N1CCC(c2ccc(OCCO)cc2)=C(C(=O)NC2(Cc3cc4c(cc3Cl)OCO4)CC2)C1. The van der Waals surface area contributed by atoms with Crippen molar-refractivity contribution in [1.29, 1.82) is 0 Å². The maximum absolute atomic E-state index is 13.9. The number of rotatable bonds is 8. The minimum absolute atomic E-state index is 0.0725. The summed E-state index contributed by atoms with van der Waals surface area (Å²) in [6, 6.07) is 11.1. The van der Waals surface area contributed by atoms with Crippen LogP contribution >= 0.6 is 11.6 Å². The van der Waals surface area contributed by atoms with Crippen LogP contribution in [-0.2, 0) is 16.0 Å². The molecule has 1 saturated carbocycles. The number of hydrogen-bond donors (Lipinski definition) is 2. The zero-order valence-corrected chi connectivity index (χ0v) is 23.8. The lowest BCUT2D eigenvalue weighted by atomic mass is 9.92. The van der Waals surface area contributed by atoms with Gasteiger partial charge in [-0.15, -0.1) is 0 Å². The predicted octanol–water partition coefficient (Wildman–Crippen LogP) is 4.73. The number of nitrogens with zero attached hydrogens (tertiary/aromatic N) is 1. The number of ether oxygens (including phenoxy) is 4. The molecule has 0 atom stereocenters. The maximum atomic E-state index is 13.9. The quantitative estimate of drug-likeness (QED) is 0.473. The second kappa shape index (κ2) is 11.2. The molecule has 40 heavy (non-hydrogen) atoms. The third-order valence-corrected chi connectivity index (χ3v) is 7.49. The lowest BCUT2D eigenvalue weighted by Crippen LogP contribution is -2.46. The van der Waals surface area contributed by atoms with E-state index in [1.165, 1.54) is 0 Å². The summed E-state index contributed by atoms with van der Waals surface area (Å²) in [5.74, 6) is 1.69. The minimum Gasteiger partial charge on any atom is -0.491 e. The van der Waals surface area contributed by atoms with Crippen molar-refractivity contribution < 1.29 is 33.6 Å². The summed E-state index contributed by atoms with van der Waals surface area (Å²) in [5, 5.41) is 12.9. The first-order valence-corrected chi connectivity index (χ1v) is 13.9. The van der Waals surface area contributed by atoms with Gasteiger partial charge in [-0.25, -0.2) is 4.79 Å². The van der Waals surface area contributed by atoms with Crippen LogP contribution in [0.25, 0.3) is 5.57 Å². The van der Waals surface area contributed by atoms with Crippen molar-refractivity contribution >= 4 is 29.2 Å². The Bertz CT molecular complexity index is 1310. The fourth-order valence-electron chi connectivity index (χ4n) is 4.96. The number of aliphatic hydroxyl groups is 1. The zero-order chi connectivity index (χ0) is 28.5. The summed E-state index contributed by atoms with van der Waals surface area (Å²) in [6.07, 6.45) is 2.25. The van der Waals surface area contributed by atoms with Gasteiger partial charge in [0.15, 0.2) is 11.5 Å². The highest BCUT2D eigenvalue weighted by molar-refractivity contribution is 6.31. The lowest BCUT2D eigenvalue weighted by Gasteiger charge is -2.33. The van der Waals surface area contributed by atoms with Gasteiger partial charge in [-0.3, -0.25) is 4.79 Å². The van der Waals surface area contributed by atoms with Crippen molar-refractivity contribution in [2.45, 2.75) is 57.6 Å². The Kier molecular flexibility index (Phi) is 7.88. The Hall–Kier alpha value is -3.43. The van der Waals surface area contributed by atoms with E-state index in [4.69, 9.17) is 35.7 Å². The van der Waals surface area contributed by atoms with Gasteiger partial charge in [0.2, 0.25) is 12.7 Å². The first-order chi connectivity index (χ1) is 19.1. The molecule has 214 valence electrons. The monoisotopic (exact) mass is 570 g/mol. The summed E-state index contributed by atoms with van der Waals surface area (Å²) in [7, 11) is 0. The van der Waals surface area contributed by atoms with Crippen LogP contribution in [0.4, 0.5) is 4.79 Å². The van der Waals surface area contributed by atoms with Gasteiger partial charge in [-0.1, -0.05) is 23.7 Å². The topological polar surface area (TPSA) is 107 Å². The van der Waals surface area contributed by atoms with Gasteiger partial charge in [0.25, 0.3) is 0 Å².